The summed E-state index contributed by atoms with van der Waals surface area (Å²) in [4.78, 5) is 9.70. The molecule has 0 bridgehead atoms. The van der Waals surface area contributed by atoms with Gasteiger partial charge in [0.05, 0.1) is 5.69 Å². The number of aromatic nitrogens is 3. The van der Waals surface area contributed by atoms with E-state index in [0.29, 0.717) is 18.3 Å². The highest BCUT2D eigenvalue weighted by molar-refractivity contribution is 5.85. The van der Waals surface area contributed by atoms with Gasteiger partial charge in [-0.25, -0.2) is 4.98 Å². The van der Waals surface area contributed by atoms with Crippen molar-refractivity contribution in [3.05, 3.63) is 167 Å². The van der Waals surface area contributed by atoms with Crippen LogP contribution in [0.15, 0.2) is 134 Å². The van der Waals surface area contributed by atoms with E-state index < -0.39 is 0 Å². The van der Waals surface area contributed by atoms with Crippen molar-refractivity contribution in [1.82, 2.24) is 14.5 Å². The number of phenols is 1. The number of rotatable bonds is 9. The lowest BCUT2D eigenvalue weighted by atomic mass is 9.93. The van der Waals surface area contributed by atoms with E-state index in [1.165, 1.54) is 33.2 Å². The van der Waals surface area contributed by atoms with Gasteiger partial charge in [0.25, 0.3) is 0 Å². The maximum absolute atomic E-state index is 11.8. The number of hydrogen-bond donors (Lipinski definition) is 1. The molecule has 7 rings (SSSR count). The average molecular weight is 628 g/mol. The highest BCUT2D eigenvalue weighted by Crippen LogP contribution is 2.37. The molecule has 0 atom stereocenters. The van der Waals surface area contributed by atoms with Gasteiger partial charge in [-0.05, 0) is 75.2 Å². The number of phenolic OH excluding ortho intramolecular Hbond substituents is 1. The lowest BCUT2D eigenvalue weighted by molar-refractivity contribution is 0.471. The molecule has 2 aromatic heterocycles. The molecule has 48 heavy (non-hydrogen) atoms. The van der Waals surface area contributed by atoms with Crippen molar-refractivity contribution >= 4 is 10.8 Å². The fourth-order valence-electron chi connectivity index (χ4n) is 6.54. The summed E-state index contributed by atoms with van der Waals surface area (Å²) in [5, 5.41) is 14.2. The minimum Gasteiger partial charge on any atom is -0.507 e. The third kappa shape index (κ3) is 6.26. The number of aromatic hydroxyl groups is 1. The summed E-state index contributed by atoms with van der Waals surface area (Å²) in [7, 11) is 0. The largest absolute Gasteiger partial charge is 0.507 e. The fraction of sp³-hybridized carbons (Fsp3) is 0.182. The molecule has 2 heterocycles. The van der Waals surface area contributed by atoms with Crippen molar-refractivity contribution in [3.8, 4) is 34.1 Å². The number of imidazole rings is 1. The van der Waals surface area contributed by atoms with Crippen molar-refractivity contribution in [2.24, 2.45) is 0 Å². The molecular weight excluding hydrogens is 587 g/mol. The Bertz CT molecular complexity index is 2180. The lowest BCUT2D eigenvalue weighted by Crippen LogP contribution is -2.01. The van der Waals surface area contributed by atoms with Crippen molar-refractivity contribution < 1.29 is 5.11 Å². The molecule has 0 aliphatic rings. The van der Waals surface area contributed by atoms with Crippen LogP contribution in [-0.4, -0.2) is 19.6 Å². The lowest BCUT2D eigenvalue weighted by Gasteiger charge is -2.16. The van der Waals surface area contributed by atoms with Crippen LogP contribution in [0.5, 0.6) is 5.75 Å². The predicted octanol–water partition coefficient (Wildman–Crippen LogP) is 10.9. The summed E-state index contributed by atoms with van der Waals surface area (Å²) in [5.41, 5.74) is 10.6. The van der Waals surface area contributed by atoms with E-state index in [1.807, 2.05) is 48.8 Å². The van der Waals surface area contributed by atoms with E-state index in [2.05, 4.69) is 122 Å². The number of hydrogen-bond acceptors (Lipinski definition) is 3. The Balaban J connectivity index is 1.28. The highest BCUT2D eigenvalue weighted by Gasteiger charge is 2.19. The molecule has 0 aliphatic heterocycles. The molecule has 7 aromatic rings. The Morgan fingerprint density at radius 1 is 0.625 bits per heavy atom. The van der Waals surface area contributed by atoms with Gasteiger partial charge in [0.1, 0.15) is 11.6 Å². The molecule has 0 saturated carbocycles. The molecule has 238 valence electrons. The zero-order valence-electron chi connectivity index (χ0n) is 28.1. The molecule has 0 radical (unpaired) electrons. The van der Waals surface area contributed by atoms with Gasteiger partial charge in [-0.3, -0.25) is 9.55 Å². The third-order valence-corrected chi connectivity index (χ3v) is 9.34. The quantitative estimate of drug-likeness (QED) is 0.173. The van der Waals surface area contributed by atoms with Crippen LogP contribution in [0.3, 0.4) is 0 Å². The molecule has 4 heteroatoms. The van der Waals surface area contributed by atoms with Gasteiger partial charge in [0, 0.05) is 47.2 Å². The average Bonchev–Trinajstić information content (AvgIpc) is 3.56. The molecule has 0 fully saturated rings. The summed E-state index contributed by atoms with van der Waals surface area (Å²) < 4.78 is 2.18. The van der Waals surface area contributed by atoms with Crippen LogP contribution in [-0.2, 0) is 12.8 Å². The van der Waals surface area contributed by atoms with E-state index >= 15 is 0 Å². The molecular formula is C44H41N3O. The van der Waals surface area contributed by atoms with E-state index in [-0.39, 0.29) is 5.75 Å². The maximum atomic E-state index is 11.8. The number of benzene rings is 5. The van der Waals surface area contributed by atoms with Gasteiger partial charge in [0.2, 0.25) is 0 Å². The second-order valence-corrected chi connectivity index (χ2v) is 13.3. The number of para-hydroxylation sites is 1. The van der Waals surface area contributed by atoms with Crippen LogP contribution in [0.2, 0.25) is 0 Å². The van der Waals surface area contributed by atoms with Crippen molar-refractivity contribution in [2.75, 3.05) is 0 Å². The Morgan fingerprint density at radius 2 is 1.25 bits per heavy atom. The molecule has 0 saturated heterocycles. The first-order valence-corrected chi connectivity index (χ1v) is 16.9. The van der Waals surface area contributed by atoms with Crippen LogP contribution >= 0.6 is 0 Å². The highest BCUT2D eigenvalue weighted by atomic mass is 16.3. The Labute approximate surface area is 283 Å². The van der Waals surface area contributed by atoms with E-state index in [9.17, 15) is 5.11 Å². The van der Waals surface area contributed by atoms with Crippen LogP contribution < -0.4 is 0 Å². The fourth-order valence-corrected chi connectivity index (χ4v) is 6.54. The van der Waals surface area contributed by atoms with Crippen molar-refractivity contribution in [2.45, 2.75) is 52.4 Å². The summed E-state index contributed by atoms with van der Waals surface area (Å²) in [6.07, 6.45) is 7.34. The van der Waals surface area contributed by atoms with Gasteiger partial charge in [-0.15, -0.1) is 0 Å². The van der Waals surface area contributed by atoms with Gasteiger partial charge < -0.3 is 5.11 Å². The molecule has 0 aliphatic carbocycles. The van der Waals surface area contributed by atoms with Crippen LogP contribution in [0, 0.1) is 0 Å². The SMILES string of the molecule is CC(C)c1cc(C(C)C)cc(-n2cc(-c3cccc(Cc4ccccc4Cc4cncc5ccccc45)c3O)nc2-c2ccccc2)c1. The van der Waals surface area contributed by atoms with Gasteiger partial charge in [-0.2, -0.15) is 0 Å². The third-order valence-electron chi connectivity index (χ3n) is 9.34. The summed E-state index contributed by atoms with van der Waals surface area (Å²) in [5.74, 6) is 1.90. The number of pyridine rings is 1. The Morgan fingerprint density at radius 3 is 1.96 bits per heavy atom. The number of fused-ring (bicyclic) bond motifs is 1. The summed E-state index contributed by atoms with van der Waals surface area (Å²) in [6.45, 7) is 8.95. The molecule has 1 N–H and O–H groups in total. The summed E-state index contributed by atoms with van der Waals surface area (Å²) in [6, 6.07) is 40.1. The smallest absolute Gasteiger partial charge is 0.145 e. The Hall–Kier alpha value is -5.48. The van der Waals surface area contributed by atoms with Crippen LogP contribution in [0.4, 0.5) is 0 Å². The van der Waals surface area contributed by atoms with Crippen LogP contribution in [0.1, 0.15) is 72.9 Å². The monoisotopic (exact) mass is 627 g/mol. The van der Waals surface area contributed by atoms with Crippen molar-refractivity contribution in [1.29, 1.82) is 0 Å². The van der Waals surface area contributed by atoms with Gasteiger partial charge in [-0.1, -0.05) is 125 Å². The zero-order chi connectivity index (χ0) is 33.2. The first kappa shape index (κ1) is 31.1. The van der Waals surface area contributed by atoms with E-state index in [4.69, 9.17) is 4.98 Å². The normalized spacial score (nSPS) is 11.5. The van der Waals surface area contributed by atoms with E-state index in [1.54, 1.807) is 0 Å². The van der Waals surface area contributed by atoms with Crippen molar-refractivity contribution in [3.63, 3.8) is 0 Å². The molecule has 0 unspecified atom stereocenters. The Kier molecular flexibility index (Phi) is 8.65. The van der Waals surface area contributed by atoms with Gasteiger partial charge in [0.15, 0.2) is 0 Å². The molecule has 0 spiro atoms. The molecule has 4 nitrogen and oxygen atoms in total. The maximum Gasteiger partial charge on any atom is 0.145 e. The van der Waals surface area contributed by atoms with Crippen LogP contribution in [0.25, 0.3) is 39.1 Å². The zero-order valence-corrected chi connectivity index (χ0v) is 28.1. The standard InChI is InChI=1S/C44H41N3O/c1-29(2)36-23-37(30(3)4)25-39(24-36)47-28-42(46-44(47)31-13-6-5-7-14-31)41-20-12-18-34(43(41)48)21-32-15-8-9-16-33(32)22-38-27-45-26-35-17-10-11-19-40(35)38/h5-20,23-30,48H,21-22H2,1-4H3. The first-order chi connectivity index (χ1) is 23.4. The topological polar surface area (TPSA) is 50.9 Å². The number of nitrogens with zero attached hydrogens (tertiary/aromatic N) is 3. The first-order valence-electron chi connectivity index (χ1n) is 16.9. The molecule has 5 aromatic carbocycles. The minimum absolute atomic E-state index is 0.266. The summed E-state index contributed by atoms with van der Waals surface area (Å²) >= 11 is 0. The second kappa shape index (κ2) is 13.3. The minimum atomic E-state index is 0.266. The van der Waals surface area contributed by atoms with E-state index in [0.717, 1.165) is 45.7 Å². The van der Waals surface area contributed by atoms with Gasteiger partial charge >= 0.3 is 0 Å². The molecule has 0 amide bonds. The second-order valence-electron chi connectivity index (χ2n) is 13.3. The predicted molar refractivity (Wildman–Crippen MR) is 198 cm³/mol.